The van der Waals surface area contributed by atoms with E-state index in [0.29, 0.717) is 5.92 Å². The van der Waals surface area contributed by atoms with Crippen molar-refractivity contribution in [2.75, 3.05) is 33.2 Å². The molecular weight excluding hydrogens is 340 g/mol. The summed E-state index contributed by atoms with van der Waals surface area (Å²) >= 11 is 0. The standard InChI is InChI=1S/C26H38N2/c1-27-19-12-4-2-3-5-13-20-28-21-18-25(22-28)26(23-14-8-6-9-15-23)24-16-10-7-11-17-24/h6-11,14-17,25-27H,2-5,12-13,18-22H2,1H3/t25-/m1/s1. The molecule has 0 aliphatic carbocycles. The van der Waals surface area contributed by atoms with Crippen LogP contribution in [-0.4, -0.2) is 38.1 Å². The molecule has 2 heteroatoms. The molecule has 1 aliphatic heterocycles. The van der Waals surface area contributed by atoms with Crippen molar-refractivity contribution in [3.05, 3.63) is 71.8 Å². The van der Waals surface area contributed by atoms with E-state index in [-0.39, 0.29) is 0 Å². The summed E-state index contributed by atoms with van der Waals surface area (Å²) < 4.78 is 0. The molecule has 0 spiro atoms. The van der Waals surface area contributed by atoms with Crippen molar-refractivity contribution in [1.29, 1.82) is 0 Å². The second-order valence-electron chi connectivity index (χ2n) is 8.37. The Labute approximate surface area is 172 Å². The quantitative estimate of drug-likeness (QED) is 0.477. The molecule has 0 amide bonds. The molecule has 0 unspecified atom stereocenters. The fourth-order valence-electron chi connectivity index (χ4n) is 4.74. The van der Waals surface area contributed by atoms with Gasteiger partial charge in [-0.3, -0.25) is 0 Å². The molecule has 1 N–H and O–H groups in total. The van der Waals surface area contributed by atoms with E-state index in [9.17, 15) is 0 Å². The lowest BCUT2D eigenvalue weighted by molar-refractivity contribution is 0.309. The van der Waals surface area contributed by atoms with E-state index in [1.165, 1.54) is 82.3 Å². The van der Waals surface area contributed by atoms with Crippen LogP contribution in [0.3, 0.4) is 0 Å². The number of unbranched alkanes of at least 4 members (excludes halogenated alkanes) is 5. The molecule has 1 heterocycles. The molecule has 0 saturated carbocycles. The summed E-state index contributed by atoms with van der Waals surface area (Å²) in [6.45, 7) is 4.96. The zero-order chi connectivity index (χ0) is 19.4. The van der Waals surface area contributed by atoms with E-state index >= 15 is 0 Å². The summed E-state index contributed by atoms with van der Waals surface area (Å²) in [5.74, 6) is 1.26. The molecule has 152 valence electrons. The van der Waals surface area contributed by atoms with Crippen LogP contribution in [0.4, 0.5) is 0 Å². The molecule has 2 nitrogen and oxygen atoms in total. The van der Waals surface area contributed by atoms with Gasteiger partial charge in [-0.2, -0.15) is 0 Å². The van der Waals surface area contributed by atoms with Crippen molar-refractivity contribution in [2.24, 2.45) is 5.92 Å². The first-order valence-corrected chi connectivity index (χ1v) is 11.4. The highest BCUT2D eigenvalue weighted by Gasteiger charge is 2.31. The molecular formula is C26H38N2. The first-order valence-electron chi connectivity index (χ1n) is 11.4. The van der Waals surface area contributed by atoms with Gasteiger partial charge in [0.2, 0.25) is 0 Å². The molecule has 28 heavy (non-hydrogen) atoms. The molecule has 3 rings (SSSR count). The molecule has 0 bridgehead atoms. The molecule has 0 aromatic heterocycles. The first-order chi connectivity index (χ1) is 13.9. The molecule has 2 aromatic rings. The lowest BCUT2D eigenvalue weighted by Gasteiger charge is -2.25. The normalized spacial score (nSPS) is 17.4. The molecule has 1 aliphatic rings. The predicted molar refractivity (Wildman–Crippen MR) is 121 cm³/mol. The van der Waals surface area contributed by atoms with Crippen LogP contribution in [0, 0.1) is 5.92 Å². The fraction of sp³-hybridized carbons (Fsp3) is 0.538. The Kier molecular flexibility index (Phi) is 9.06. The highest BCUT2D eigenvalue weighted by Crippen LogP contribution is 2.37. The van der Waals surface area contributed by atoms with Gasteiger partial charge in [-0.05, 0) is 63.0 Å². The highest BCUT2D eigenvalue weighted by atomic mass is 15.1. The monoisotopic (exact) mass is 378 g/mol. The first kappa shape index (κ1) is 21.1. The third-order valence-electron chi connectivity index (χ3n) is 6.25. The van der Waals surface area contributed by atoms with Gasteiger partial charge in [-0.15, -0.1) is 0 Å². The van der Waals surface area contributed by atoms with E-state index in [4.69, 9.17) is 0 Å². The maximum atomic E-state index is 3.24. The number of nitrogens with one attached hydrogen (secondary N) is 1. The van der Waals surface area contributed by atoms with Crippen LogP contribution in [0.25, 0.3) is 0 Å². The average Bonchev–Trinajstić information content (AvgIpc) is 3.20. The number of rotatable bonds is 12. The summed E-state index contributed by atoms with van der Waals surface area (Å²) in [6, 6.07) is 22.3. The van der Waals surface area contributed by atoms with Crippen LogP contribution >= 0.6 is 0 Å². The van der Waals surface area contributed by atoms with Crippen LogP contribution in [0.15, 0.2) is 60.7 Å². The topological polar surface area (TPSA) is 15.3 Å². The van der Waals surface area contributed by atoms with Gasteiger partial charge < -0.3 is 10.2 Å². The van der Waals surface area contributed by atoms with Crippen LogP contribution < -0.4 is 5.32 Å². The number of benzene rings is 2. The van der Waals surface area contributed by atoms with Crippen LogP contribution in [0.5, 0.6) is 0 Å². The van der Waals surface area contributed by atoms with Gasteiger partial charge >= 0.3 is 0 Å². The second-order valence-corrected chi connectivity index (χ2v) is 8.37. The maximum Gasteiger partial charge on any atom is 0.0130 e. The van der Waals surface area contributed by atoms with Gasteiger partial charge in [0.1, 0.15) is 0 Å². The Hall–Kier alpha value is -1.64. The number of hydrogen-bond donors (Lipinski definition) is 1. The zero-order valence-electron chi connectivity index (χ0n) is 17.7. The third kappa shape index (κ3) is 6.46. The van der Waals surface area contributed by atoms with Crippen molar-refractivity contribution in [1.82, 2.24) is 10.2 Å². The van der Waals surface area contributed by atoms with Crippen molar-refractivity contribution < 1.29 is 0 Å². The Morgan fingerprint density at radius 2 is 1.39 bits per heavy atom. The molecule has 2 aromatic carbocycles. The third-order valence-corrected chi connectivity index (χ3v) is 6.25. The molecule has 1 atom stereocenters. The highest BCUT2D eigenvalue weighted by molar-refractivity contribution is 5.33. The van der Waals surface area contributed by atoms with Crippen molar-refractivity contribution >= 4 is 0 Å². The summed E-state index contributed by atoms with van der Waals surface area (Å²) in [7, 11) is 2.05. The van der Waals surface area contributed by atoms with E-state index in [1.807, 2.05) is 7.05 Å². The minimum atomic E-state index is 0.527. The van der Waals surface area contributed by atoms with Crippen molar-refractivity contribution in [2.45, 2.75) is 50.9 Å². The minimum Gasteiger partial charge on any atom is -0.320 e. The fourth-order valence-corrected chi connectivity index (χ4v) is 4.74. The van der Waals surface area contributed by atoms with Crippen LogP contribution in [0.2, 0.25) is 0 Å². The summed E-state index contributed by atoms with van der Waals surface area (Å²) in [5, 5.41) is 3.24. The van der Waals surface area contributed by atoms with Gasteiger partial charge in [-0.1, -0.05) is 86.3 Å². The summed E-state index contributed by atoms with van der Waals surface area (Å²) in [4.78, 5) is 2.71. The largest absolute Gasteiger partial charge is 0.320 e. The summed E-state index contributed by atoms with van der Waals surface area (Å²) in [6.07, 6.45) is 9.57. The number of nitrogens with zero attached hydrogens (tertiary/aromatic N) is 1. The van der Waals surface area contributed by atoms with E-state index in [0.717, 1.165) is 5.92 Å². The number of likely N-dealkylation sites (tertiary alicyclic amines) is 1. The Bertz CT molecular complexity index is 600. The van der Waals surface area contributed by atoms with Gasteiger partial charge in [0.05, 0.1) is 0 Å². The Morgan fingerprint density at radius 3 is 2.00 bits per heavy atom. The van der Waals surface area contributed by atoms with E-state index < -0.39 is 0 Å². The van der Waals surface area contributed by atoms with E-state index in [1.54, 1.807) is 0 Å². The van der Waals surface area contributed by atoms with Gasteiger partial charge in [-0.25, -0.2) is 0 Å². The summed E-state index contributed by atoms with van der Waals surface area (Å²) in [5.41, 5.74) is 2.95. The molecule has 0 radical (unpaired) electrons. The van der Waals surface area contributed by atoms with Crippen molar-refractivity contribution in [3.8, 4) is 0 Å². The van der Waals surface area contributed by atoms with Crippen molar-refractivity contribution in [3.63, 3.8) is 0 Å². The maximum absolute atomic E-state index is 3.24. The average molecular weight is 379 g/mol. The van der Waals surface area contributed by atoms with E-state index in [2.05, 4.69) is 70.9 Å². The van der Waals surface area contributed by atoms with Gasteiger partial charge in [0.15, 0.2) is 0 Å². The molecule has 1 saturated heterocycles. The molecule has 1 fully saturated rings. The zero-order valence-corrected chi connectivity index (χ0v) is 17.7. The van der Waals surface area contributed by atoms with Crippen LogP contribution in [-0.2, 0) is 0 Å². The SMILES string of the molecule is CNCCCCCCCCN1CC[C@@H](C(c2ccccc2)c2ccccc2)C1. The Balaban J connectivity index is 1.47. The smallest absolute Gasteiger partial charge is 0.0130 e. The lowest BCUT2D eigenvalue weighted by atomic mass is 9.80. The minimum absolute atomic E-state index is 0.527. The van der Waals surface area contributed by atoms with Crippen LogP contribution in [0.1, 0.15) is 62.0 Å². The second kappa shape index (κ2) is 12.0. The van der Waals surface area contributed by atoms with Gasteiger partial charge in [0, 0.05) is 12.5 Å². The Morgan fingerprint density at radius 1 is 0.821 bits per heavy atom. The predicted octanol–water partition coefficient (Wildman–Crippen LogP) is 5.70. The number of hydrogen-bond acceptors (Lipinski definition) is 2. The van der Waals surface area contributed by atoms with Gasteiger partial charge in [0.25, 0.3) is 0 Å². The lowest BCUT2D eigenvalue weighted by Crippen LogP contribution is -2.24.